The zero-order chi connectivity index (χ0) is 20.4. The Morgan fingerprint density at radius 1 is 1.00 bits per heavy atom. The Bertz CT molecular complexity index is 1250. The molecule has 4 aromatic rings. The van der Waals surface area contributed by atoms with Crippen LogP contribution in [-0.2, 0) is 6.18 Å². The molecule has 1 aromatic heterocycles. The number of imidazole rings is 1. The lowest BCUT2D eigenvalue weighted by Gasteiger charge is -2.10. The van der Waals surface area contributed by atoms with Crippen LogP contribution in [0.1, 0.15) is 16.7 Å². The van der Waals surface area contributed by atoms with E-state index in [0.717, 1.165) is 17.8 Å². The summed E-state index contributed by atoms with van der Waals surface area (Å²) in [6.45, 7) is 0. The molecular formula is C22H13F3N4. The first-order chi connectivity index (χ1) is 14.0. The van der Waals surface area contributed by atoms with Crippen molar-refractivity contribution in [3.05, 3.63) is 89.7 Å². The summed E-state index contributed by atoms with van der Waals surface area (Å²) in [6.07, 6.45) is -1.59. The van der Waals surface area contributed by atoms with Gasteiger partial charge in [0.1, 0.15) is 6.33 Å². The molecular weight excluding hydrogens is 377 g/mol. The van der Waals surface area contributed by atoms with Gasteiger partial charge in [-0.2, -0.15) is 18.4 Å². The topological polar surface area (TPSA) is 54.0 Å². The molecule has 0 amide bonds. The highest BCUT2D eigenvalue weighted by atomic mass is 19.4. The standard InChI is InChI=1S/C22H13F3N4/c23-22(24,25)17-10-19(27-13-16-6-4-5-15(9-16)12-26)21-20(11-17)28-14-29(21)18-7-2-1-3-8-18/h1-11,13-14H/b27-13+. The molecule has 0 saturated carbocycles. The minimum absolute atomic E-state index is 0.138. The van der Waals surface area contributed by atoms with E-state index in [1.165, 1.54) is 12.5 Å². The van der Waals surface area contributed by atoms with Gasteiger partial charge in [-0.15, -0.1) is 0 Å². The van der Waals surface area contributed by atoms with Crippen LogP contribution < -0.4 is 0 Å². The molecule has 3 aromatic carbocycles. The van der Waals surface area contributed by atoms with Gasteiger partial charge in [0, 0.05) is 11.9 Å². The second-order valence-corrected chi connectivity index (χ2v) is 6.31. The average molecular weight is 390 g/mol. The van der Waals surface area contributed by atoms with Crippen molar-refractivity contribution in [2.75, 3.05) is 0 Å². The van der Waals surface area contributed by atoms with E-state index >= 15 is 0 Å². The molecule has 142 valence electrons. The fourth-order valence-electron chi connectivity index (χ4n) is 3.01. The third-order valence-electron chi connectivity index (χ3n) is 4.35. The van der Waals surface area contributed by atoms with Crippen LogP contribution in [0.5, 0.6) is 0 Å². The first-order valence-electron chi connectivity index (χ1n) is 8.64. The Kier molecular flexibility index (Phi) is 4.61. The normalized spacial score (nSPS) is 11.8. The van der Waals surface area contributed by atoms with Gasteiger partial charge >= 0.3 is 6.18 Å². The van der Waals surface area contributed by atoms with Crippen LogP contribution in [0, 0.1) is 11.3 Å². The van der Waals surface area contributed by atoms with Gasteiger partial charge in [0.25, 0.3) is 0 Å². The number of aromatic nitrogens is 2. The number of nitriles is 1. The molecule has 0 unspecified atom stereocenters. The quantitative estimate of drug-likeness (QED) is 0.424. The summed E-state index contributed by atoms with van der Waals surface area (Å²) in [7, 11) is 0. The predicted molar refractivity (Wildman–Crippen MR) is 104 cm³/mol. The van der Waals surface area contributed by atoms with Crippen molar-refractivity contribution in [1.29, 1.82) is 5.26 Å². The zero-order valence-corrected chi connectivity index (χ0v) is 14.9. The molecule has 0 radical (unpaired) electrons. The second-order valence-electron chi connectivity index (χ2n) is 6.31. The van der Waals surface area contributed by atoms with Gasteiger partial charge in [0.2, 0.25) is 0 Å². The maximum absolute atomic E-state index is 13.4. The number of alkyl halides is 3. The number of aliphatic imine (C=N–C) groups is 1. The van der Waals surface area contributed by atoms with Gasteiger partial charge in [-0.1, -0.05) is 30.3 Å². The van der Waals surface area contributed by atoms with Crippen LogP contribution in [0.3, 0.4) is 0 Å². The number of hydrogen-bond donors (Lipinski definition) is 0. The Morgan fingerprint density at radius 3 is 2.52 bits per heavy atom. The second kappa shape index (κ2) is 7.24. The summed E-state index contributed by atoms with van der Waals surface area (Å²) in [6, 6.07) is 19.9. The molecule has 0 N–H and O–H groups in total. The maximum atomic E-state index is 13.4. The predicted octanol–water partition coefficient (Wildman–Crippen LogP) is 5.67. The Hall–Kier alpha value is -3.92. The van der Waals surface area contributed by atoms with Crippen LogP contribution in [0.25, 0.3) is 16.7 Å². The number of para-hydroxylation sites is 1. The highest BCUT2D eigenvalue weighted by Gasteiger charge is 2.32. The first kappa shape index (κ1) is 18.4. The van der Waals surface area contributed by atoms with Crippen molar-refractivity contribution < 1.29 is 13.2 Å². The number of hydrogen-bond acceptors (Lipinski definition) is 3. The SMILES string of the molecule is N#Cc1cccc(/C=N/c2cc(C(F)(F)F)cc3ncn(-c4ccccc4)c23)c1. The lowest BCUT2D eigenvalue weighted by molar-refractivity contribution is -0.137. The molecule has 0 fully saturated rings. The first-order valence-corrected chi connectivity index (χ1v) is 8.64. The fraction of sp³-hybridized carbons (Fsp3) is 0.0455. The van der Waals surface area contributed by atoms with E-state index in [9.17, 15) is 13.2 Å². The Morgan fingerprint density at radius 2 is 1.79 bits per heavy atom. The molecule has 7 heteroatoms. The maximum Gasteiger partial charge on any atom is 0.416 e. The van der Waals surface area contributed by atoms with Crippen molar-refractivity contribution in [2.45, 2.75) is 6.18 Å². The van der Waals surface area contributed by atoms with Crippen LogP contribution in [0.15, 0.2) is 78.0 Å². The van der Waals surface area contributed by atoms with Gasteiger partial charge in [-0.05, 0) is 42.0 Å². The number of halogens is 3. The lowest BCUT2D eigenvalue weighted by Crippen LogP contribution is -2.05. The lowest BCUT2D eigenvalue weighted by atomic mass is 10.1. The summed E-state index contributed by atoms with van der Waals surface area (Å²) in [5.41, 5.74) is 1.80. The van der Waals surface area contributed by atoms with Crippen molar-refractivity contribution >= 4 is 22.9 Å². The highest BCUT2D eigenvalue weighted by Crippen LogP contribution is 2.37. The number of rotatable bonds is 3. The molecule has 0 aliphatic rings. The van der Waals surface area contributed by atoms with Crippen LogP contribution in [0.4, 0.5) is 18.9 Å². The monoisotopic (exact) mass is 390 g/mol. The van der Waals surface area contributed by atoms with Gasteiger partial charge in [-0.25, -0.2) is 4.98 Å². The minimum Gasteiger partial charge on any atom is -0.297 e. The van der Waals surface area contributed by atoms with Crippen molar-refractivity contribution in [1.82, 2.24) is 9.55 Å². The van der Waals surface area contributed by atoms with E-state index in [-0.39, 0.29) is 11.2 Å². The van der Waals surface area contributed by atoms with E-state index in [4.69, 9.17) is 5.26 Å². The summed E-state index contributed by atoms with van der Waals surface area (Å²) >= 11 is 0. The highest BCUT2D eigenvalue weighted by molar-refractivity contribution is 5.93. The zero-order valence-electron chi connectivity index (χ0n) is 14.9. The van der Waals surface area contributed by atoms with Crippen molar-refractivity contribution in [2.24, 2.45) is 4.99 Å². The summed E-state index contributed by atoms with van der Waals surface area (Å²) in [4.78, 5) is 8.48. The molecule has 0 atom stereocenters. The average Bonchev–Trinajstić information content (AvgIpc) is 3.16. The smallest absolute Gasteiger partial charge is 0.297 e. The summed E-state index contributed by atoms with van der Waals surface area (Å²) in [5.74, 6) is 0. The fourth-order valence-corrected chi connectivity index (χ4v) is 3.01. The molecule has 4 rings (SSSR count). The Balaban J connectivity index is 1.90. The van der Waals surface area contributed by atoms with Gasteiger partial charge in [-0.3, -0.25) is 9.56 Å². The van der Waals surface area contributed by atoms with Crippen LogP contribution in [0.2, 0.25) is 0 Å². The summed E-state index contributed by atoms with van der Waals surface area (Å²) < 4.78 is 41.8. The molecule has 0 aliphatic carbocycles. The largest absolute Gasteiger partial charge is 0.416 e. The van der Waals surface area contributed by atoms with Gasteiger partial charge < -0.3 is 0 Å². The molecule has 1 heterocycles. The van der Waals surface area contributed by atoms with Crippen LogP contribution >= 0.6 is 0 Å². The molecule has 0 saturated heterocycles. The van der Waals surface area contributed by atoms with E-state index in [0.29, 0.717) is 16.6 Å². The molecule has 0 aliphatic heterocycles. The van der Waals surface area contributed by atoms with Gasteiger partial charge in [0.05, 0.1) is 33.9 Å². The van der Waals surface area contributed by atoms with E-state index < -0.39 is 11.7 Å². The molecule has 29 heavy (non-hydrogen) atoms. The summed E-state index contributed by atoms with van der Waals surface area (Å²) in [5, 5.41) is 9.02. The molecule has 0 spiro atoms. The molecule has 4 nitrogen and oxygen atoms in total. The molecule has 0 bridgehead atoms. The van der Waals surface area contributed by atoms with E-state index in [1.807, 2.05) is 36.4 Å². The van der Waals surface area contributed by atoms with E-state index in [1.54, 1.807) is 28.8 Å². The minimum atomic E-state index is -4.52. The Labute approximate surface area is 164 Å². The van der Waals surface area contributed by atoms with Crippen molar-refractivity contribution in [3.63, 3.8) is 0 Å². The third-order valence-corrected chi connectivity index (χ3v) is 4.35. The van der Waals surface area contributed by atoms with E-state index in [2.05, 4.69) is 9.98 Å². The van der Waals surface area contributed by atoms with Crippen molar-refractivity contribution in [3.8, 4) is 11.8 Å². The number of fused-ring (bicyclic) bond motifs is 1. The third kappa shape index (κ3) is 3.73. The van der Waals surface area contributed by atoms with Gasteiger partial charge in [0.15, 0.2) is 0 Å². The number of benzene rings is 3. The van der Waals surface area contributed by atoms with Crippen LogP contribution in [-0.4, -0.2) is 15.8 Å². The number of nitrogens with zero attached hydrogens (tertiary/aromatic N) is 4.